The summed E-state index contributed by atoms with van der Waals surface area (Å²) in [6, 6.07) is 5.86. The predicted molar refractivity (Wildman–Crippen MR) is 80.1 cm³/mol. The number of carbonyl (C=O) groups is 1. The molecule has 1 N–H and O–H groups in total. The molecule has 0 fully saturated rings. The van der Waals surface area contributed by atoms with Gasteiger partial charge in [0.2, 0.25) is 0 Å². The molecule has 2 rings (SSSR count). The molecule has 2 aromatic rings. The SMILES string of the molecule is Cc1noc(-c2cccc(F)c2)c1C(=O)NCCOC(C)C. The number of hydrogen-bond acceptors (Lipinski definition) is 4. The van der Waals surface area contributed by atoms with Gasteiger partial charge in [0, 0.05) is 12.1 Å². The fraction of sp³-hybridized carbons (Fsp3) is 0.375. The summed E-state index contributed by atoms with van der Waals surface area (Å²) in [5, 5.41) is 6.56. The maximum absolute atomic E-state index is 13.3. The molecule has 118 valence electrons. The second-order valence-corrected chi connectivity index (χ2v) is 5.16. The average Bonchev–Trinajstić information content (AvgIpc) is 2.85. The number of halogens is 1. The molecule has 6 heteroatoms. The lowest BCUT2D eigenvalue weighted by molar-refractivity contribution is 0.0746. The zero-order valence-electron chi connectivity index (χ0n) is 12.9. The highest BCUT2D eigenvalue weighted by atomic mass is 19.1. The lowest BCUT2D eigenvalue weighted by Crippen LogP contribution is -2.28. The summed E-state index contributed by atoms with van der Waals surface area (Å²) >= 11 is 0. The van der Waals surface area contributed by atoms with Crippen LogP contribution >= 0.6 is 0 Å². The van der Waals surface area contributed by atoms with E-state index in [1.54, 1.807) is 19.1 Å². The van der Waals surface area contributed by atoms with Gasteiger partial charge in [-0.15, -0.1) is 0 Å². The van der Waals surface area contributed by atoms with E-state index in [-0.39, 0.29) is 17.8 Å². The largest absolute Gasteiger partial charge is 0.377 e. The number of hydrogen-bond donors (Lipinski definition) is 1. The Bertz CT molecular complexity index is 653. The number of aryl methyl sites for hydroxylation is 1. The number of aromatic nitrogens is 1. The summed E-state index contributed by atoms with van der Waals surface area (Å²) in [6.07, 6.45) is 0.108. The van der Waals surface area contributed by atoms with E-state index in [1.807, 2.05) is 13.8 Å². The van der Waals surface area contributed by atoms with Crippen LogP contribution in [0, 0.1) is 12.7 Å². The molecule has 0 unspecified atom stereocenters. The molecular weight excluding hydrogens is 287 g/mol. The summed E-state index contributed by atoms with van der Waals surface area (Å²) in [5.41, 5.74) is 1.25. The maximum atomic E-state index is 13.3. The third-order valence-corrected chi connectivity index (χ3v) is 3.02. The van der Waals surface area contributed by atoms with Gasteiger partial charge in [-0.05, 0) is 32.9 Å². The molecule has 0 bridgehead atoms. The summed E-state index contributed by atoms with van der Waals surface area (Å²) < 4.78 is 23.9. The molecule has 0 saturated carbocycles. The molecule has 1 aromatic carbocycles. The summed E-state index contributed by atoms with van der Waals surface area (Å²) in [4.78, 5) is 12.3. The minimum Gasteiger partial charge on any atom is -0.377 e. The summed E-state index contributed by atoms with van der Waals surface area (Å²) in [6.45, 7) is 6.32. The van der Waals surface area contributed by atoms with Gasteiger partial charge in [0.15, 0.2) is 5.76 Å². The first-order valence-electron chi connectivity index (χ1n) is 7.11. The van der Waals surface area contributed by atoms with E-state index in [1.165, 1.54) is 12.1 Å². The van der Waals surface area contributed by atoms with Crippen molar-refractivity contribution in [1.82, 2.24) is 10.5 Å². The van der Waals surface area contributed by atoms with Crippen molar-refractivity contribution in [2.75, 3.05) is 13.2 Å². The van der Waals surface area contributed by atoms with E-state index < -0.39 is 5.82 Å². The molecule has 1 amide bonds. The summed E-state index contributed by atoms with van der Waals surface area (Å²) in [7, 11) is 0. The molecule has 0 atom stereocenters. The van der Waals surface area contributed by atoms with Crippen LogP contribution in [0.4, 0.5) is 4.39 Å². The lowest BCUT2D eigenvalue weighted by Gasteiger charge is -2.09. The Kier molecular flexibility index (Phi) is 5.27. The monoisotopic (exact) mass is 306 g/mol. The first-order chi connectivity index (χ1) is 10.5. The first-order valence-corrected chi connectivity index (χ1v) is 7.11. The van der Waals surface area contributed by atoms with Gasteiger partial charge < -0.3 is 14.6 Å². The molecule has 1 heterocycles. The van der Waals surface area contributed by atoms with Gasteiger partial charge in [-0.1, -0.05) is 17.3 Å². The second kappa shape index (κ2) is 7.17. The zero-order valence-corrected chi connectivity index (χ0v) is 12.9. The molecule has 0 aliphatic carbocycles. The molecule has 0 aliphatic heterocycles. The number of rotatable bonds is 6. The van der Waals surface area contributed by atoms with Crippen molar-refractivity contribution in [3.63, 3.8) is 0 Å². The van der Waals surface area contributed by atoms with Gasteiger partial charge in [0.05, 0.1) is 18.4 Å². The molecule has 1 aromatic heterocycles. The van der Waals surface area contributed by atoms with E-state index in [2.05, 4.69) is 10.5 Å². The van der Waals surface area contributed by atoms with Gasteiger partial charge >= 0.3 is 0 Å². The Morgan fingerprint density at radius 1 is 1.45 bits per heavy atom. The normalized spacial score (nSPS) is 11.0. The van der Waals surface area contributed by atoms with E-state index in [4.69, 9.17) is 9.26 Å². The van der Waals surface area contributed by atoms with Crippen LogP contribution in [0.15, 0.2) is 28.8 Å². The van der Waals surface area contributed by atoms with Crippen molar-refractivity contribution in [1.29, 1.82) is 0 Å². The molecule has 0 aliphatic rings. The average molecular weight is 306 g/mol. The van der Waals surface area contributed by atoms with Crippen molar-refractivity contribution in [3.05, 3.63) is 41.3 Å². The van der Waals surface area contributed by atoms with Crippen molar-refractivity contribution in [2.24, 2.45) is 0 Å². The standard InChI is InChI=1S/C16H19FN2O3/c1-10(2)21-8-7-18-16(20)14-11(3)19-22-15(14)12-5-4-6-13(17)9-12/h4-6,9-10H,7-8H2,1-3H3,(H,18,20). The van der Waals surface area contributed by atoms with Gasteiger partial charge in [-0.2, -0.15) is 0 Å². The lowest BCUT2D eigenvalue weighted by atomic mass is 10.1. The highest BCUT2D eigenvalue weighted by Gasteiger charge is 2.21. The Morgan fingerprint density at radius 3 is 2.91 bits per heavy atom. The molecule has 0 radical (unpaired) electrons. The number of nitrogens with zero attached hydrogens (tertiary/aromatic N) is 1. The number of benzene rings is 1. The molecule has 22 heavy (non-hydrogen) atoms. The van der Waals surface area contributed by atoms with E-state index >= 15 is 0 Å². The molecular formula is C16H19FN2O3. The van der Waals surface area contributed by atoms with Crippen molar-refractivity contribution >= 4 is 5.91 Å². The Labute approximate surface area is 128 Å². The van der Waals surface area contributed by atoms with Crippen LogP contribution in [0.2, 0.25) is 0 Å². The number of ether oxygens (including phenoxy) is 1. The Morgan fingerprint density at radius 2 is 2.23 bits per heavy atom. The van der Waals surface area contributed by atoms with Gasteiger partial charge in [-0.3, -0.25) is 4.79 Å². The van der Waals surface area contributed by atoms with Crippen LogP contribution < -0.4 is 5.32 Å². The van der Waals surface area contributed by atoms with Crippen LogP contribution in [0.1, 0.15) is 29.9 Å². The van der Waals surface area contributed by atoms with Crippen LogP contribution in [0.5, 0.6) is 0 Å². The Hall–Kier alpha value is -2.21. The zero-order chi connectivity index (χ0) is 16.1. The summed E-state index contributed by atoms with van der Waals surface area (Å²) in [5.74, 6) is -0.451. The predicted octanol–water partition coefficient (Wildman–Crippen LogP) is 2.94. The van der Waals surface area contributed by atoms with E-state index in [0.717, 1.165) is 0 Å². The minimum absolute atomic E-state index is 0.108. The third-order valence-electron chi connectivity index (χ3n) is 3.02. The number of nitrogens with one attached hydrogen (secondary N) is 1. The molecule has 0 saturated heterocycles. The van der Waals surface area contributed by atoms with Crippen LogP contribution in [-0.4, -0.2) is 30.3 Å². The topological polar surface area (TPSA) is 64.4 Å². The minimum atomic E-state index is -0.400. The Balaban J connectivity index is 2.14. The quantitative estimate of drug-likeness (QED) is 0.833. The van der Waals surface area contributed by atoms with Gasteiger partial charge in [-0.25, -0.2) is 4.39 Å². The fourth-order valence-corrected chi connectivity index (χ4v) is 2.01. The number of amides is 1. The number of carbonyl (C=O) groups excluding carboxylic acids is 1. The van der Waals surface area contributed by atoms with Gasteiger partial charge in [0.25, 0.3) is 5.91 Å². The smallest absolute Gasteiger partial charge is 0.257 e. The van der Waals surface area contributed by atoms with Crippen molar-refractivity contribution in [3.8, 4) is 11.3 Å². The van der Waals surface area contributed by atoms with Crippen molar-refractivity contribution < 1.29 is 18.4 Å². The van der Waals surface area contributed by atoms with Gasteiger partial charge in [0.1, 0.15) is 11.4 Å². The molecule has 5 nitrogen and oxygen atoms in total. The van der Waals surface area contributed by atoms with E-state index in [0.29, 0.717) is 30.0 Å². The van der Waals surface area contributed by atoms with E-state index in [9.17, 15) is 9.18 Å². The molecule has 0 spiro atoms. The van der Waals surface area contributed by atoms with Crippen LogP contribution in [0.25, 0.3) is 11.3 Å². The maximum Gasteiger partial charge on any atom is 0.257 e. The fourth-order valence-electron chi connectivity index (χ4n) is 2.01. The highest BCUT2D eigenvalue weighted by molar-refractivity contribution is 6.00. The third kappa shape index (κ3) is 3.92. The van der Waals surface area contributed by atoms with Crippen LogP contribution in [0.3, 0.4) is 0 Å². The second-order valence-electron chi connectivity index (χ2n) is 5.16. The first kappa shape index (κ1) is 16.2. The highest BCUT2D eigenvalue weighted by Crippen LogP contribution is 2.26. The van der Waals surface area contributed by atoms with Crippen molar-refractivity contribution in [2.45, 2.75) is 26.9 Å². The van der Waals surface area contributed by atoms with Crippen LogP contribution in [-0.2, 0) is 4.74 Å².